The number of sulfonamides is 1. The molecule has 1 saturated heterocycles. The van der Waals surface area contributed by atoms with E-state index in [9.17, 15) is 18.0 Å². The number of benzene rings is 1. The average molecular weight is 522 g/mol. The topological polar surface area (TPSA) is 164 Å². The van der Waals surface area contributed by atoms with E-state index >= 15 is 0 Å². The summed E-state index contributed by atoms with van der Waals surface area (Å²) in [5.41, 5.74) is 2.13. The molecule has 1 aromatic heterocycles. The van der Waals surface area contributed by atoms with Crippen LogP contribution in [-0.4, -0.2) is 97.5 Å². The lowest BCUT2D eigenvalue weighted by atomic mass is 10.0. The van der Waals surface area contributed by atoms with E-state index in [1.54, 1.807) is 25.4 Å². The van der Waals surface area contributed by atoms with Gasteiger partial charge in [0.05, 0.1) is 24.5 Å². The highest BCUT2D eigenvalue weighted by atomic mass is 32.2. The van der Waals surface area contributed by atoms with Crippen molar-refractivity contribution in [2.75, 3.05) is 50.8 Å². The van der Waals surface area contributed by atoms with E-state index in [0.717, 1.165) is 32.8 Å². The average Bonchev–Trinajstić information content (AvgIpc) is 3.23. The Bertz CT molecular complexity index is 1250. The fraction of sp³-hybridized carbons (Fsp3) is 0.364. The maximum atomic E-state index is 13.0. The van der Waals surface area contributed by atoms with Crippen LogP contribution >= 0.6 is 0 Å². The van der Waals surface area contributed by atoms with Crippen LogP contribution in [0.5, 0.6) is 0 Å². The number of hydrogen-bond donors (Lipinski definition) is 2. The van der Waals surface area contributed by atoms with Crippen molar-refractivity contribution in [3.63, 3.8) is 0 Å². The normalized spacial score (nSPS) is 18.1. The molecule has 13 nitrogen and oxygen atoms in total. The molecule has 0 atom stereocenters. The molecule has 2 aliphatic rings. The van der Waals surface area contributed by atoms with Gasteiger partial charge in [0.25, 0.3) is 10.0 Å². The van der Waals surface area contributed by atoms with E-state index < -0.39 is 22.0 Å². The number of aliphatic carboxylic acids is 2. The lowest BCUT2D eigenvalue weighted by Gasteiger charge is -2.25. The molecule has 0 saturated carbocycles. The van der Waals surface area contributed by atoms with Crippen molar-refractivity contribution in [3.05, 3.63) is 53.7 Å². The monoisotopic (exact) mass is 521 g/mol. The zero-order chi connectivity index (χ0) is 26.3. The second-order valence-corrected chi connectivity index (χ2v) is 9.63. The fourth-order valence-electron chi connectivity index (χ4n) is 3.52. The summed E-state index contributed by atoms with van der Waals surface area (Å²) in [5.74, 6) is -2.51. The number of carbonyl (C=O) groups is 2. The molecular weight excluding hydrogens is 494 g/mol. The van der Waals surface area contributed by atoms with Gasteiger partial charge in [-0.05, 0) is 6.07 Å². The van der Waals surface area contributed by atoms with Crippen LogP contribution < -0.4 is 4.31 Å². The molecule has 3 heterocycles. The largest absolute Gasteiger partial charge is 0.478 e. The molecule has 0 aliphatic carbocycles. The number of nitrogens with zero attached hydrogens (tertiary/aromatic N) is 5. The summed E-state index contributed by atoms with van der Waals surface area (Å²) < 4.78 is 34.1. The van der Waals surface area contributed by atoms with Gasteiger partial charge < -0.3 is 19.8 Å². The molecule has 0 unspecified atom stereocenters. The predicted molar refractivity (Wildman–Crippen MR) is 129 cm³/mol. The maximum Gasteiger partial charge on any atom is 0.328 e. The van der Waals surface area contributed by atoms with E-state index in [4.69, 9.17) is 19.8 Å². The van der Waals surface area contributed by atoms with Gasteiger partial charge in [0.1, 0.15) is 12.3 Å². The van der Waals surface area contributed by atoms with E-state index in [-0.39, 0.29) is 5.03 Å². The summed E-state index contributed by atoms with van der Waals surface area (Å²) >= 11 is 0. The Labute approximate surface area is 207 Å². The van der Waals surface area contributed by atoms with Crippen molar-refractivity contribution >= 4 is 33.4 Å². The standard InChI is InChI=1S/C18H23N5O4S.C4H4O4/c1-21-13-15-17(20-27-12-9-23-7-10-26-11-8-23)14-5-3-4-6-16(14)22(2)28(24,25)18(15)19-21;5-3(6)1-2-4(7)8/h3-6,13H,7-12H2,1-2H3;1-2H,(H,5,6)(H,7,8)/b20-17+;2-1-. The molecule has 0 radical (unpaired) electrons. The third-order valence-electron chi connectivity index (χ3n) is 5.28. The van der Waals surface area contributed by atoms with Crippen LogP contribution in [0, 0.1) is 0 Å². The molecule has 2 aromatic rings. The number of fused-ring (bicyclic) bond motifs is 2. The molecule has 4 rings (SSSR count). The Morgan fingerprint density at radius 1 is 1.11 bits per heavy atom. The van der Waals surface area contributed by atoms with Crippen molar-refractivity contribution in [3.8, 4) is 0 Å². The fourth-order valence-corrected chi connectivity index (χ4v) is 4.86. The van der Waals surface area contributed by atoms with Gasteiger partial charge in [-0.25, -0.2) is 9.59 Å². The number of rotatable bonds is 6. The van der Waals surface area contributed by atoms with Crippen LogP contribution in [0.25, 0.3) is 0 Å². The maximum absolute atomic E-state index is 13.0. The minimum Gasteiger partial charge on any atom is -0.478 e. The zero-order valence-corrected chi connectivity index (χ0v) is 20.6. The molecule has 1 aromatic carbocycles. The van der Waals surface area contributed by atoms with Gasteiger partial charge in [0, 0.05) is 57.6 Å². The van der Waals surface area contributed by atoms with E-state index in [2.05, 4.69) is 15.2 Å². The lowest BCUT2D eigenvalue weighted by molar-refractivity contribution is -0.134. The van der Waals surface area contributed by atoms with Crippen molar-refractivity contribution in [2.45, 2.75) is 5.03 Å². The molecular formula is C22H27N5O8S. The first-order chi connectivity index (χ1) is 17.1. The predicted octanol–water partition coefficient (Wildman–Crippen LogP) is 0.372. The summed E-state index contributed by atoms with van der Waals surface area (Å²) in [6.07, 6.45) is 2.78. The van der Waals surface area contributed by atoms with Crippen LogP contribution in [0.2, 0.25) is 0 Å². The number of aryl methyl sites for hydroxylation is 1. The van der Waals surface area contributed by atoms with Gasteiger partial charge in [-0.3, -0.25) is 13.9 Å². The number of ether oxygens (including phenoxy) is 1. The second-order valence-electron chi connectivity index (χ2n) is 7.75. The highest BCUT2D eigenvalue weighted by Gasteiger charge is 2.36. The van der Waals surface area contributed by atoms with Crippen LogP contribution in [0.15, 0.2) is 52.8 Å². The molecule has 2 aliphatic heterocycles. The molecule has 0 amide bonds. The van der Waals surface area contributed by atoms with Gasteiger partial charge >= 0.3 is 11.9 Å². The van der Waals surface area contributed by atoms with E-state index in [1.807, 2.05) is 12.1 Å². The van der Waals surface area contributed by atoms with Gasteiger partial charge in [0.2, 0.25) is 5.03 Å². The summed E-state index contributed by atoms with van der Waals surface area (Å²) in [5, 5.41) is 24.1. The number of anilines is 1. The van der Waals surface area contributed by atoms with Gasteiger partial charge in [-0.1, -0.05) is 23.4 Å². The van der Waals surface area contributed by atoms with Gasteiger partial charge in [-0.2, -0.15) is 13.5 Å². The molecule has 14 heteroatoms. The Morgan fingerprint density at radius 2 is 1.75 bits per heavy atom. The Hall–Kier alpha value is -3.75. The molecule has 194 valence electrons. The van der Waals surface area contributed by atoms with Crippen molar-refractivity contribution < 1.29 is 37.8 Å². The molecule has 0 bridgehead atoms. The number of hydrogen-bond acceptors (Lipinski definition) is 9. The minimum atomic E-state index is -3.79. The van der Waals surface area contributed by atoms with Crippen LogP contribution in [0.4, 0.5) is 5.69 Å². The Balaban J connectivity index is 0.000000392. The smallest absolute Gasteiger partial charge is 0.328 e. The number of carboxylic acid groups (broad SMARTS) is 2. The third-order valence-corrected chi connectivity index (χ3v) is 6.99. The third kappa shape index (κ3) is 6.47. The van der Waals surface area contributed by atoms with Crippen molar-refractivity contribution in [1.82, 2.24) is 14.7 Å². The summed E-state index contributed by atoms with van der Waals surface area (Å²) in [7, 11) is -0.577. The first-order valence-corrected chi connectivity index (χ1v) is 12.3. The number of aromatic nitrogens is 2. The summed E-state index contributed by atoms with van der Waals surface area (Å²) in [4.78, 5) is 27.0. The Kier molecular flexibility index (Phi) is 8.79. The van der Waals surface area contributed by atoms with Crippen molar-refractivity contribution in [1.29, 1.82) is 0 Å². The number of morpholine rings is 1. The Morgan fingerprint density at radius 3 is 2.39 bits per heavy atom. The lowest BCUT2D eigenvalue weighted by Crippen LogP contribution is -2.38. The van der Waals surface area contributed by atoms with Crippen LogP contribution in [0.3, 0.4) is 0 Å². The van der Waals surface area contributed by atoms with Gasteiger partial charge in [-0.15, -0.1) is 0 Å². The van der Waals surface area contributed by atoms with E-state index in [1.165, 1.54) is 16.0 Å². The van der Waals surface area contributed by atoms with Gasteiger partial charge in [0.15, 0.2) is 0 Å². The highest BCUT2D eigenvalue weighted by Crippen LogP contribution is 2.33. The van der Waals surface area contributed by atoms with E-state index in [0.29, 0.717) is 41.3 Å². The quantitative estimate of drug-likeness (QED) is 0.308. The first kappa shape index (κ1) is 26.8. The number of carboxylic acids is 2. The summed E-state index contributed by atoms with van der Waals surface area (Å²) in [6.45, 7) is 4.34. The summed E-state index contributed by atoms with van der Waals surface area (Å²) in [6, 6.07) is 7.24. The SMILES string of the molecule is CN1c2ccccc2/C(=N\OCCN2CCOCC2)c2cn(C)nc2S1(=O)=O.O=C(O)/C=C\C(=O)O. The number of oxime groups is 1. The van der Waals surface area contributed by atoms with Crippen molar-refractivity contribution in [2.24, 2.45) is 12.2 Å². The molecule has 2 N–H and O–H groups in total. The molecule has 1 fully saturated rings. The van der Waals surface area contributed by atoms with Crippen LogP contribution in [0.1, 0.15) is 11.1 Å². The minimum absolute atomic E-state index is 0.0239. The first-order valence-electron chi connectivity index (χ1n) is 10.9. The highest BCUT2D eigenvalue weighted by molar-refractivity contribution is 7.92. The molecule has 0 spiro atoms. The number of para-hydroxylation sites is 1. The van der Waals surface area contributed by atoms with Crippen LogP contribution in [-0.2, 0) is 36.2 Å². The zero-order valence-electron chi connectivity index (χ0n) is 19.8. The molecule has 36 heavy (non-hydrogen) atoms. The second kappa shape index (κ2) is 11.8.